The zero-order valence-electron chi connectivity index (χ0n) is 24.5. The monoisotopic (exact) mass is 609 g/mol. The van der Waals surface area contributed by atoms with Gasteiger partial charge >= 0.3 is 0 Å². The van der Waals surface area contributed by atoms with Crippen LogP contribution in [0.1, 0.15) is 36.1 Å². The SMILES string of the molecule is C=CCn1c(=CC2SC(c3ccccc3)=C(c3ccccc3)N2CC)s/c(=C2\Sc3cc(C)c(C)cc3N2CC)c1=O. The molecule has 0 saturated heterocycles. The van der Waals surface area contributed by atoms with E-state index in [1.165, 1.54) is 43.4 Å². The molecular formula is C35H35N3OS3. The second kappa shape index (κ2) is 12.1. The quantitative estimate of drug-likeness (QED) is 0.208. The fourth-order valence-corrected chi connectivity index (χ4v) is 9.65. The van der Waals surface area contributed by atoms with Crippen LogP contribution in [0.2, 0.25) is 0 Å². The summed E-state index contributed by atoms with van der Waals surface area (Å²) in [5.41, 5.74) is 7.46. The Kier molecular flexibility index (Phi) is 8.26. The summed E-state index contributed by atoms with van der Waals surface area (Å²) in [6, 6.07) is 25.8. The molecule has 42 heavy (non-hydrogen) atoms. The van der Waals surface area contributed by atoms with Crippen LogP contribution in [0, 0.1) is 13.8 Å². The maximum atomic E-state index is 14.0. The molecule has 4 nitrogen and oxygen atoms in total. The van der Waals surface area contributed by atoms with Gasteiger partial charge in [0.15, 0.2) is 0 Å². The predicted octanol–water partition coefficient (Wildman–Crippen LogP) is 7.11. The summed E-state index contributed by atoms with van der Waals surface area (Å²) in [4.78, 5) is 21.3. The Labute approximate surface area is 260 Å². The lowest BCUT2D eigenvalue weighted by atomic mass is 10.1. The average molecular weight is 610 g/mol. The molecule has 4 aromatic rings. The number of hydrogen-bond donors (Lipinski definition) is 0. The van der Waals surface area contributed by atoms with Crippen molar-refractivity contribution in [3.05, 3.63) is 127 Å². The number of allylic oxidation sites excluding steroid dienone is 1. The van der Waals surface area contributed by atoms with E-state index in [4.69, 9.17) is 0 Å². The molecule has 0 saturated carbocycles. The van der Waals surface area contributed by atoms with Crippen LogP contribution >= 0.6 is 34.9 Å². The first-order valence-electron chi connectivity index (χ1n) is 14.4. The summed E-state index contributed by atoms with van der Waals surface area (Å²) in [7, 11) is 0. The third-order valence-corrected chi connectivity index (χ3v) is 11.5. The minimum atomic E-state index is 0.0494. The molecule has 0 N–H and O–H groups in total. The maximum Gasteiger partial charge on any atom is 0.272 e. The Hall–Kier alpha value is -3.39. The summed E-state index contributed by atoms with van der Waals surface area (Å²) in [6.07, 6.45) is 4.10. The van der Waals surface area contributed by atoms with Crippen molar-refractivity contribution >= 4 is 62.3 Å². The molecule has 2 aliphatic heterocycles. The van der Waals surface area contributed by atoms with E-state index in [1.807, 2.05) is 22.4 Å². The van der Waals surface area contributed by atoms with Crippen LogP contribution in [-0.2, 0) is 6.54 Å². The number of aryl methyl sites for hydroxylation is 2. The molecule has 0 fully saturated rings. The molecule has 1 atom stereocenters. The lowest BCUT2D eigenvalue weighted by Crippen LogP contribution is -2.35. The van der Waals surface area contributed by atoms with Gasteiger partial charge in [-0.1, -0.05) is 90.3 Å². The van der Waals surface area contributed by atoms with Gasteiger partial charge in [-0.3, -0.25) is 9.36 Å². The van der Waals surface area contributed by atoms with Gasteiger partial charge in [0.1, 0.15) is 14.9 Å². The lowest BCUT2D eigenvalue weighted by molar-refractivity contribution is 0.455. The van der Waals surface area contributed by atoms with Crippen molar-refractivity contribution in [2.75, 3.05) is 18.0 Å². The standard InChI is InChI=1S/C35H35N3OS3/c1-6-19-38-30(42-33(34(38)39)35-36(7-2)27-20-23(4)24(5)21-28(27)40-35)22-29-37(8-3)31(25-15-11-9-12-16-25)32(41-29)26-17-13-10-14-18-26/h6,9-18,20-22,29H,1,7-8,19H2,2-5H3/b30-22?,35-33-. The van der Waals surface area contributed by atoms with Gasteiger partial charge in [-0.2, -0.15) is 0 Å². The highest BCUT2D eigenvalue weighted by atomic mass is 32.2. The van der Waals surface area contributed by atoms with Crippen LogP contribution in [0.4, 0.5) is 5.69 Å². The first-order valence-corrected chi connectivity index (χ1v) is 16.9. The molecule has 6 rings (SSSR count). The van der Waals surface area contributed by atoms with Crippen LogP contribution in [0.15, 0.2) is 95.1 Å². The van der Waals surface area contributed by atoms with E-state index < -0.39 is 0 Å². The van der Waals surface area contributed by atoms with Crippen LogP contribution in [0.5, 0.6) is 0 Å². The number of anilines is 1. The summed E-state index contributed by atoms with van der Waals surface area (Å²) in [5, 5.41) is 1.08. The van der Waals surface area contributed by atoms with E-state index in [1.54, 1.807) is 23.1 Å². The van der Waals surface area contributed by atoms with Gasteiger partial charge < -0.3 is 9.80 Å². The van der Waals surface area contributed by atoms with E-state index in [2.05, 4.69) is 123 Å². The minimum absolute atomic E-state index is 0.0494. The molecule has 3 heterocycles. The predicted molar refractivity (Wildman–Crippen MR) is 184 cm³/mol. The topological polar surface area (TPSA) is 28.5 Å². The number of rotatable bonds is 7. The van der Waals surface area contributed by atoms with E-state index >= 15 is 0 Å². The van der Waals surface area contributed by atoms with Gasteiger partial charge in [0.25, 0.3) is 5.56 Å². The maximum absolute atomic E-state index is 14.0. The fourth-order valence-electron chi connectivity index (χ4n) is 5.57. The average Bonchev–Trinajstić information content (AvgIpc) is 3.65. The fraction of sp³-hybridized carbons (Fsp3) is 0.229. The Balaban J connectivity index is 1.50. The van der Waals surface area contributed by atoms with Gasteiger partial charge in [-0.05, 0) is 68.2 Å². The summed E-state index contributed by atoms with van der Waals surface area (Å²) in [6.45, 7) is 14.8. The van der Waals surface area contributed by atoms with Crippen molar-refractivity contribution in [2.24, 2.45) is 0 Å². The van der Waals surface area contributed by atoms with Crippen LogP contribution in [0.3, 0.4) is 0 Å². The largest absolute Gasteiger partial charge is 0.354 e. The zero-order chi connectivity index (χ0) is 29.4. The zero-order valence-corrected chi connectivity index (χ0v) is 26.9. The third-order valence-electron chi connectivity index (χ3n) is 7.81. The minimum Gasteiger partial charge on any atom is -0.354 e. The number of hydrogen-bond acceptors (Lipinski definition) is 6. The molecule has 1 aromatic heterocycles. The summed E-state index contributed by atoms with van der Waals surface area (Å²) in [5.74, 6) is 0. The number of nitrogens with zero attached hydrogens (tertiary/aromatic N) is 3. The van der Waals surface area contributed by atoms with E-state index in [9.17, 15) is 4.79 Å². The number of fused-ring (bicyclic) bond motifs is 1. The highest BCUT2D eigenvalue weighted by Crippen LogP contribution is 2.49. The Morgan fingerprint density at radius 1 is 0.905 bits per heavy atom. The first-order chi connectivity index (χ1) is 20.4. The van der Waals surface area contributed by atoms with Crippen LogP contribution in [0.25, 0.3) is 21.7 Å². The summed E-state index contributed by atoms with van der Waals surface area (Å²) >= 11 is 5.18. The van der Waals surface area contributed by atoms with E-state index in [0.29, 0.717) is 6.54 Å². The molecule has 0 aliphatic carbocycles. The highest BCUT2D eigenvalue weighted by molar-refractivity contribution is 8.09. The van der Waals surface area contributed by atoms with Crippen molar-refractivity contribution in [1.82, 2.24) is 9.47 Å². The summed E-state index contributed by atoms with van der Waals surface area (Å²) < 4.78 is 3.66. The van der Waals surface area contributed by atoms with Crippen molar-refractivity contribution in [2.45, 2.75) is 44.5 Å². The molecule has 0 amide bonds. The number of thiazole rings is 1. The number of thioether (sulfide) groups is 2. The van der Waals surface area contributed by atoms with Gasteiger partial charge in [-0.15, -0.1) is 17.9 Å². The Morgan fingerprint density at radius 3 is 2.21 bits per heavy atom. The molecule has 0 spiro atoms. The molecule has 7 heteroatoms. The molecule has 2 aliphatic rings. The van der Waals surface area contributed by atoms with Crippen LogP contribution in [-0.4, -0.2) is 27.9 Å². The number of benzene rings is 3. The van der Waals surface area contributed by atoms with Gasteiger partial charge in [0.2, 0.25) is 0 Å². The van der Waals surface area contributed by atoms with Crippen LogP contribution < -0.4 is 19.7 Å². The Bertz CT molecular complexity index is 1860. The van der Waals surface area contributed by atoms with Gasteiger partial charge in [-0.25, -0.2) is 0 Å². The van der Waals surface area contributed by atoms with E-state index in [0.717, 1.165) is 27.3 Å². The smallest absolute Gasteiger partial charge is 0.272 e. The molecule has 0 bridgehead atoms. The second-order valence-corrected chi connectivity index (χ2v) is 13.6. The molecular weight excluding hydrogens is 575 g/mol. The van der Waals surface area contributed by atoms with Crippen molar-refractivity contribution in [3.8, 4) is 0 Å². The van der Waals surface area contributed by atoms with Crippen molar-refractivity contribution in [1.29, 1.82) is 0 Å². The van der Waals surface area contributed by atoms with Gasteiger partial charge in [0, 0.05) is 29.4 Å². The molecule has 1 unspecified atom stereocenters. The first kappa shape index (κ1) is 28.7. The second-order valence-electron chi connectivity index (χ2n) is 10.4. The normalized spacial score (nSPS) is 18.3. The third kappa shape index (κ3) is 5.08. The highest BCUT2D eigenvalue weighted by Gasteiger charge is 2.33. The molecule has 3 aromatic carbocycles. The van der Waals surface area contributed by atoms with Gasteiger partial charge in [0.05, 0.1) is 16.0 Å². The lowest BCUT2D eigenvalue weighted by Gasteiger charge is -2.25. The van der Waals surface area contributed by atoms with Crippen molar-refractivity contribution in [3.63, 3.8) is 0 Å². The number of aromatic nitrogens is 1. The molecule has 0 radical (unpaired) electrons. The van der Waals surface area contributed by atoms with E-state index in [-0.39, 0.29) is 10.9 Å². The van der Waals surface area contributed by atoms with Crippen molar-refractivity contribution < 1.29 is 0 Å². The molecule has 214 valence electrons. The Morgan fingerprint density at radius 2 is 1.57 bits per heavy atom.